The van der Waals surface area contributed by atoms with Gasteiger partial charge in [-0.05, 0) is 56.4 Å². The second kappa shape index (κ2) is 8.82. The standard InChI is InChI=1S/C19H25N3O4/c1-24-19(23)14-7-9-15(10-8-14)22-13-16(20)17(21-22)5-4-12-26-18-6-2-3-11-25-18/h7-10,13,18H,2-6,11-12,20H2,1H3. The monoisotopic (exact) mass is 359 g/mol. The van der Waals surface area contributed by atoms with E-state index in [1.807, 2.05) is 12.1 Å². The summed E-state index contributed by atoms with van der Waals surface area (Å²) in [6, 6.07) is 7.03. The van der Waals surface area contributed by atoms with Crippen molar-refractivity contribution in [3.63, 3.8) is 0 Å². The van der Waals surface area contributed by atoms with Crippen molar-refractivity contribution in [3.05, 3.63) is 41.7 Å². The molecule has 1 unspecified atom stereocenters. The predicted molar refractivity (Wildman–Crippen MR) is 97.2 cm³/mol. The summed E-state index contributed by atoms with van der Waals surface area (Å²) in [6.45, 7) is 1.42. The van der Waals surface area contributed by atoms with E-state index < -0.39 is 0 Å². The number of nitrogens with zero attached hydrogens (tertiary/aromatic N) is 2. The molecule has 0 saturated carbocycles. The minimum absolute atomic E-state index is 0.0630. The molecule has 3 rings (SSSR count). The third-order valence-corrected chi connectivity index (χ3v) is 4.38. The molecule has 1 fully saturated rings. The minimum atomic E-state index is -0.362. The molecule has 7 nitrogen and oxygen atoms in total. The number of methoxy groups -OCH3 is 1. The molecule has 1 aliphatic heterocycles. The Kier molecular flexibility index (Phi) is 6.25. The van der Waals surface area contributed by atoms with Crippen LogP contribution in [0.1, 0.15) is 41.7 Å². The van der Waals surface area contributed by atoms with E-state index in [4.69, 9.17) is 19.9 Å². The Labute approximate surface area is 153 Å². The van der Waals surface area contributed by atoms with Crippen molar-refractivity contribution in [2.45, 2.75) is 38.4 Å². The van der Waals surface area contributed by atoms with Crippen LogP contribution in [0, 0.1) is 0 Å². The average molecular weight is 359 g/mol. The second-order valence-electron chi connectivity index (χ2n) is 6.28. The Bertz CT molecular complexity index is 721. The molecular weight excluding hydrogens is 334 g/mol. The summed E-state index contributed by atoms with van der Waals surface area (Å²) >= 11 is 0. The first kappa shape index (κ1) is 18.4. The zero-order chi connectivity index (χ0) is 18.4. The molecule has 0 aliphatic carbocycles. The number of hydrogen-bond donors (Lipinski definition) is 1. The van der Waals surface area contributed by atoms with Crippen LogP contribution in [0.3, 0.4) is 0 Å². The van der Waals surface area contributed by atoms with Gasteiger partial charge < -0.3 is 19.9 Å². The number of aryl methyl sites for hydroxylation is 1. The molecule has 7 heteroatoms. The molecule has 1 aliphatic rings. The van der Waals surface area contributed by atoms with Crippen molar-refractivity contribution in [3.8, 4) is 5.69 Å². The summed E-state index contributed by atoms with van der Waals surface area (Å²) in [5.74, 6) is -0.362. The normalized spacial score (nSPS) is 17.2. The lowest BCUT2D eigenvalue weighted by atomic mass is 10.2. The molecule has 0 spiro atoms. The van der Waals surface area contributed by atoms with E-state index >= 15 is 0 Å². The van der Waals surface area contributed by atoms with E-state index in [0.717, 1.165) is 50.1 Å². The fourth-order valence-electron chi connectivity index (χ4n) is 2.91. The van der Waals surface area contributed by atoms with Crippen LogP contribution in [-0.4, -0.2) is 42.4 Å². The minimum Gasteiger partial charge on any atom is -0.465 e. The second-order valence-corrected chi connectivity index (χ2v) is 6.28. The number of rotatable bonds is 7. The molecule has 0 amide bonds. The highest BCUT2D eigenvalue weighted by molar-refractivity contribution is 5.89. The summed E-state index contributed by atoms with van der Waals surface area (Å²) in [4.78, 5) is 11.5. The lowest BCUT2D eigenvalue weighted by molar-refractivity contribution is -0.162. The number of nitrogens with two attached hydrogens (primary N) is 1. The maximum absolute atomic E-state index is 11.5. The van der Waals surface area contributed by atoms with Gasteiger partial charge in [-0.15, -0.1) is 0 Å². The summed E-state index contributed by atoms with van der Waals surface area (Å²) < 4.78 is 17.7. The highest BCUT2D eigenvalue weighted by Crippen LogP contribution is 2.18. The highest BCUT2D eigenvalue weighted by atomic mass is 16.7. The fraction of sp³-hybridized carbons (Fsp3) is 0.474. The number of nitrogen functional groups attached to an aromatic ring is 1. The molecule has 1 aromatic heterocycles. The molecular formula is C19H25N3O4. The summed E-state index contributed by atoms with van der Waals surface area (Å²) in [6.07, 6.45) is 6.55. The van der Waals surface area contributed by atoms with Crippen molar-refractivity contribution in [2.24, 2.45) is 0 Å². The number of esters is 1. The number of anilines is 1. The number of carbonyl (C=O) groups excluding carboxylic acids is 1. The van der Waals surface area contributed by atoms with Gasteiger partial charge in [-0.3, -0.25) is 0 Å². The smallest absolute Gasteiger partial charge is 0.337 e. The maximum atomic E-state index is 11.5. The Hall–Kier alpha value is -2.38. The lowest BCUT2D eigenvalue weighted by Gasteiger charge is -2.22. The third-order valence-electron chi connectivity index (χ3n) is 4.38. The zero-order valence-corrected chi connectivity index (χ0v) is 15.0. The van der Waals surface area contributed by atoms with Crippen LogP contribution in [0.5, 0.6) is 0 Å². The highest BCUT2D eigenvalue weighted by Gasteiger charge is 2.14. The van der Waals surface area contributed by atoms with Gasteiger partial charge in [0.2, 0.25) is 0 Å². The molecule has 2 aromatic rings. The van der Waals surface area contributed by atoms with E-state index in [0.29, 0.717) is 17.9 Å². The summed E-state index contributed by atoms with van der Waals surface area (Å²) in [7, 11) is 1.36. The van der Waals surface area contributed by atoms with Gasteiger partial charge in [-0.2, -0.15) is 5.10 Å². The van der Waals surface area contributed by atoms with Gasteiger partial charge in [-0.25, -0.2) is 9.48 Å². The first-order chi connectivity index (χ1) is 12.7. The van der Waals surface area contributed by atoms with Crippen LogP contribution >= 0.6 is 0 Å². The number of aromatic nitrogens is 2. The van der Waals surface area contributed by atoms with E-state index in [2.05, 4.69) is 5.10 Å². The first-order valence-corrected chi connectivity index (χ1v) is 8.93. The van der Waals surface area contributed by atoms with Crippen molar-refractivity contribution in [2.75, 3.05) is 26.1 Å². The molecule has 140 valence electrons. The van der Waals surface area contributed by atoms with Crippen LogP contribution in [0.4, 0.5) is 5.69 Å². The SMILES string of the molecule is COC(=O)c1ccc(-n2cc(N)c(CCCOC3CCCCO3)n2)cc1. The lowest BCUT2D eigenvalue weighted by Crippen LogP contribution is -2.22. The van der Waals surface area contributed by atoms with Crippen LogP contribution in [0.25, 0.3) is 5.69 Å². The maximum Gasteiger partial charge on any atom is 0.337 e. The fourth-order valence-corrected chi connectivity index (χ4v) is 2.91. The molecule has 1 saturated heterocycles. The first-order valence-electron chi connectivity index (χ1n) is 8.93. The Morgan fingerprint density at radius 1 is 1.35 bits per heavy atom. The number of ether oxygens (including phenoxy) is 3. The largest absolute Gasteiger partial charge is 0.465 e. The third kappa shape index (κ3) is 4.62. The van der Waals surface area contributed by atoms with Crippen molar-refractivity contribution < 1.29 is 19.0 Å². The van der Waals surface area contributed by atoms with Gasteiger partial charge in [0.1, 0.15) is 0 Å². The van der Waals surface area contributed by atoms with Crippen LogP contribution in [0.2, 0.25) is 0 Å². The van der Waals surface area contributed by atoms with Gasteiger partial charge in [0.15, 0.2) is 6.29 Å². The Balaban J connectivity index is 1.54. The molecule has 0 bridgehead atoms. The van der Waals surface area contributed by atoms with E-state index in [1.54, 1.807) is 23.0 Å². The van der Waals surface area contributed by atoms with Gasteiger partial charge in [-0.1, -0.05) is 0 Å². The topological polar surface area (TPSA) is 88.6 Å². The van der Waals surface area contributed by atoms with Crippen molar-refractivity contribution in [1.82, 2.24) is 9.78 Å². The molecule has 1 atom stereocenters. The quantitative estimate of drug-likeness (QED) is 0.604. The summed E-state index contributed by atoms with van der Waals surface area (Å²) in [5, 5.41) is 4.55. The van der Waals surface area contributed by atoms with Gasteiger partial charge >= 0.3 is 5.97 Å². The van der Waals surface area contributed by atoms with Gasteiger partial charge in [0, 0.05) is 6.61 Å². The van der Waals surface area contributed by atoms with E-state index in [-0.39, 0.29) is 12.3 Å². The van der Waals surface area contributed by atoms with Crippen LogP contribution < -0.4 is 5.73 Å². The van der Waals surface area contributed by atoms with E-state index in [9.17, 15) is 4.79 Å². The van der Waals surface area contributed by atoms with Crippen molar-refractivity contribution in [1.29, 1.82) is 0 Å². The van der Waals surface area contributed by atoms with Crippen LogP contribution in [-0.2, 0) is 20.6 Å². The van der Waals surface area contributed by atoms with Gasteiger partial charge in [0.05, 0.1) is 42.5 Å². The number of carbonyl (C=O) groups is 1. The zero-order valence-electron chi connectivity index (χ0n) is 15.0. The Morgan fingerprint density at radius 2 is 2.15 bits per heavy atom. The van der Waals surface area contributed by atoms with Crippen LogP contribution in [0.15, 0.2) is 30.5 Å². The number of benzene rings is 1. The predicted octanol–water partition coefficient (Wildman–Crippen LogP) is 2.72. The number of hydrogen-bond acceptors (Lipinski definition) is 6. The molecule has 2 heterocycles. The molecule has 26 heavy (non-hydrogen) atoms. The molecule has 1 aromatic carbocycles. The molecule has 0 radical (unpaired) electrons. The summed E-state index contributed by atoms with van der Waals surface area (Å²) in [5.41, 5.74) is 8.91. The average Bonchev–Trinajstić information content (AvgIpc) is 3.06. The van der Waals surface area contributed by atoms with Gasteiger partial charge in [0.25, 0.3) is 0 Å². The van der Waals surface area contributed by atoms with E-state index in [1.165, 1.54) is 7.11 Å². The Morgan fingerprint density at radius 3 is 2.85 bits per heavy atom. The van der Waals surface area contributed by atoms with Crippen molar-refractivity contribution >= 4 is 11.7 Å². The molecule has 2 N–H and O–H groups in total.